The minimum Gasteiger partial charge on any atom is -0.503 e. The summed E-state index contributed by atoms with van der Waals surface area (Å²) in [6.45, 7) is 6.37. The van der Waals surface area contributed by atoms with Gasteiger partial charge in [-0.15, -0.1) is 0 Å². The van der Waals surface area contributed by atoms with Crippen molar-refractivity contribution in [1.82, 2.24) is 4.98 Å². The minimum absolute atomic E-state index is 0.0509. The number of methoxy groups -OCH3 is 1. The molecule has 0 aliphatic carbocycles. The third-order valence-electron chi connectivity index (χ3n) is 5.56. The fourth-order valence-corrected chi connectivity index (χ4v) is 4.23. The van der Waals surface area contributed by atoms with Gasteiger partial charge >= 0.3 is 0 Å². The Bertz CT molecular complexity index is 877. The summed E-state index contributed by atoms with van der Waals surface area (Å²) in [7, 11) is 1.50. The number of phenolic OH excluding ortho intramolecular Hbond substituents is 1. The zero-order valence-corrected chi connectivity index (χ0v) is 19.0. The van der Waals surface area contributed by atoms with E-state index in [1.54, 1.807) is 12.1 Å². The number of carbonyl (C=O) groups is 1. The number of carbonyl (C=O) groups excluding carboxylic acids is 1. The molecule has 1 aromatic carbocycles. The highest BCUT2D eigenvalue weighted by atomic mass is 79.9. The van der Waals surface area contributed by atoms with Crippen LogP contribution in [0.15, 0.2) is 28.7 Å². The number of Topliss-reactive ketones (excluding diaryl/α,β-unsaturated/α-hetero) is 1. The fourth-order valence-electron chi connectivity index (χ4n) is 3.74. The van der Waals surface area contributed by atoms with Crippen LogP contribution < -0.4 is 9.64 Å². The van der Waals surface area contributed by atoms with Crippen molar-refractivity contribution in [3.8, 4) is 11.5 Å². The summed E-state index contributed by atoms with van der Waals surface area (Å²) in [6.07, 6.45) is 3.83. The van der Waals surface area contributed by atoms with Gasteiger partial charge in [0, 0.05) is 31.6 Å². The Morgan fingerprint density at radius 2 is 2.03 bits per heavy atom. The highest BCUT2D eigenvalue weighted by molar-refractivity contribution is 9.10. The molecule has 1 aromatic heterocycles. The number of ether oxygens (including phenoxy) is 1. The van der Waals surface area contributed by atoms with Gasteiger partial charge in [-0.25, -0.2) is 4.98 Å². The smallest absolute Gasteiger partial charge is 0.172 e. The Morgan fingerprint density at radius 1 is 1.31 bits per heavy atom. The number of aromatic nitrogens is 1. The number of piperidine rings is 1. The van der Waals surface area contributed by atoms with Crippen LogP contribution in [0.3, 0.4) is 0 Å². The maximum absolute atomic E-state index is 12.6. The summed E-state index contributed by atoms with van der Waals surface area (Å²) in [6, 6.07) is 7.62. The molecule has 156 valence electrons. The zero-order valence-electron chi connectivity index (χ0n) is 17.4. The average molecular weight is 461 g/mol. The molecule has 0 atom stereocenters. The predicted molar refractivity (Wildman–Crippen MR) is 119 cm³/mol. The van der Waals surface area contributed by atoms with E-state index < -0.39 is 0 Å². The van der Waals surface area contributed by atoms with Crippen molar-refractivity contribution >= 4 is 27.5 Å². The topological polar surface area (TPSA) is 62.7 Å². The van der Waals surface area contributed by atoms with Gasteiger partial charge in [-0.05, 0) is 77.4 Å². The predicted octanol–water partition coefficient (Wildman–Crippen LogP) is 4.85. The monoisotopic (exact) mass is 460 g/mol. The molecule has 1 fully saturated rings. The summed E-state index contributed by atoms with van der Waals surface area (Å²) >= 11 is 3.31. The Labute approximate surface area is 181 Å². The maximum atomic E-state index is 12.6. The largest absolute Gasteiger partial charge is 0.503 e. The molecule has 6 heteroatoms. The number of rotatable bonds is 7. The van der Waals surface area contributed by atoms with Gasteiger partial charge in [-0.1, -0.05) is 13.0 Å². The molecule has 0 unspecified atom stereocenters. The second kappa shape index (κ2) is 9.61. The molecule has 1 saturated heterocycles. The lowest BCUT2D eigenvalue weighted by Gasteiger charge is -2.32. The van der Waals surface area contributed by atoms with Crippen LogP contribution in [0.2, 0.25) is 0 Å². The number of ketones is 1. The number of hydrogen-bond acceptors (Lipinski definition) is 5. The van der Waals surface area contributed by atoms with E-state index in [0.717, 1.165) is 41.6 Å². The van der Waals surface area contributed by atoms with E-state index in [4.69, 9.17) is 9.72 Å². The van der Waals surface area contributed by atoms with Crippen LogP contribution in [0.1, 0.15) is 43.0 Å². The van der Waals surface area contributed by atoms with E-state index in [0.29, 0.717) is 29.5 Å². The molecule has 0 radical (unpaired) electrons. The van der Waals surface area contributed by atoms with Gasteiger partial charge in [-0.3, -0.25) is 4.79 Å². The molecular weight excluding hydrogens is 432 g/mol. The number of aromatic hydroxyl groups is 1. The lowest BCUT2D eigenvalue weighted by atomic mass is 9.98. The van der Waals surface area contributed by atoms with Crippen molar-refractivity contribution < 1.29 is 14.6 Å². The second-order valence-electron chi connectivity index (χ2n) is 7.95. The highest BCUT2D eigenvalue weighted by Gasteiger charge is 2.20. The van der Waals surface area contributed by atoms with Crippen LogP contribution in [-0.4, -0.2) is 36.1 Å². The van der Waals surface area contributed by atoms with Gasteiger partial charge in [-0.2, -0.15) is 0 Å². The van der Waals surface area contributed by atoms with E-state index >= 15 is 0 Å². The summed E-state index contributed by atoms with van der Waals surface area (Å²) in [5.74, 6) is 2.38. The highest BCUT2D eigenvalue weighted by Crippen LogP contribution is 2.35. The number of hydrogen-bond donors (Lipinski definition) is 1. The fraction of sp³-hybridized carbons (Fsp3) is 0.478. The molecule has 5 nitrogen and oxygen atoms in total. The molecule has 0 spiro atoms. The van der Waals surface area contributed by atoms with E-state index in [1.165, 1.54) is 20.0 Å². The zero-order chi connectivity index (χ0) is 21.0. The normalized spacial score (nSPS) is 14.8. The third kappa shape index (κ3) is 5.50. The lowest BCUT2D eigenvalue weighted by Crippen LogP contribution is -2.34. The van der Waals surface area contributed by atoms with E-state index in [9.17, 15) is 9.90 Å². The van der Waals surface area contributed by atoms with Gasteiger partial charge in [0.2, 0.25) is 0 Å². The van der Waals surface area contributed by atoms with Crippen molar-refractivity contribution in [2.45, 2.75) is 46.0 Å². The van der Waals surface area contributed by atoms with Crippen LogP contribution in [-0.2, 0) is 17.6 Å². The van der Waals surface area contributed by atoms with Gasteiger partial charge in [0.15, 0.2) is 11.5 Å². The number of nitrogens with zero attached hydrogens (tertiary/aromatic N) is 2. The van der Waals surface area contributed by atoms with Crippen molar-refractivity contribution in [3.63, 3.8) is 0 Å². The first-order chi connectivity index (χ1) is 13.9. The summed E-state index contributed by atoms with van der Waals surface area (Å²) < 4.78 is 5.71. The van der Waals surface area contributed by atoms with Gasteiger partial charge in [0.1, 0.15) is 11.6 Å². The van der Waals surface area contributed by atoms with Crippen molar-refractivity contribution in [1.29, 1.82) is 0 Å². The Kier molecular flexibility index (Phi) is 7.17. The van der Waals surface area contributed by atoms with Crippen LogP contribution in [0.4, 0.5) is 5.82 Å². The number of aryl methyl sites for hydroxylation is 2. The molecule has 1 aliphatic rings. The number of pyridine rings is 1. The second-order valence-corrected chi connectivity index (χ2v) is 8.80. The molecule has 0 saturated carbocycles. The van der Waals surface area contributed by atoms with Gasteiger partial charge in [0.05, 0.1) is 11.6 Å². The minimum atomic E-state index is 0.0509. The average Bonchev–Trinajstić information content (AvgIpc) is 2.70. The molecular formula is C23H29BrN2O3. The SMILES string of the molecule is COc1cc(CC(=O)CCc2ccc(C)nc2N2CCC(C)CC2)cc(Br)c1O. The Balaban J connectivity index is 1.67. The molecule has 3 rings (SSSR count). The Hall–Kier alpha value is -2.08. The van der Waals surface area contributed by atoms with E-state index in [1.807, 2.05) is 13.0 Å². The number of benzene rings is 1. The summed E-state index contributed by atoms with van der Waals surface area (Å²) in [5.41, 5.74) is 2.97. The van der Waals surface area contributed by atoms with E-state index in [-0.39, 0.29) is 11.5 Å². The molecule has 29 heavy (non-hydrogen) atoms. The molecule has 1 N–H and O–H groups in total. The van der Waals surface area contributed by atoms with Crippen LogP contribution in [0.25, 0.3) is 0 Å². The quantitative estimate of drug-likeness (QED) is 0.639. The number of halogens is 1. The molecule has 1 aliphatic heterocycles. The summed E-state index contributed by atoms with van der Waals surface area (Å²) in [5, 5.41) is 9.93. The van der Waals surface area contributed by atoms with Crippen molar-refractivity contribution in [3.05, 3.63) is 45.6 Å². The van der Waals surface area contributed by atoms with Crippen molar-refractivity contribution in [2.24, 2.45) is 5.92 Å². The molecule has 0 bridgehead atoms. The van der Waals surface area contributed by atoms with Gasteiger partial charge in [0.25, 0.3) is 0 Å². The number of anilines is 1. The lowest BCUT2D eigenvalue weighted by molar-refractivity contribution is -0.118. The van der Waals surface area contributed by atoms with Crippen LogP contribution >= 0.6 is 15.9 Å². The number of phenols is 1. The third-order valence-corrected chi connectivity index (χ3v) is 6.17. The van der Waals surface area contributed by atoms with Crippen molar-refractivity contribution in [2.75, 3.05) is 25.1 Å². The molecule has 2 aromatic rings. The first-order valence-corrected chi connectivity index (χ1v) is 10.9. The van der Waals surface area contributed by atoms with Gasteiger partial charge < -0.3 is 14.7 Å². The Morgan fingerprint density at radius 3 is 2.72 bits per heavy atom. The maximum Gasteiger partial charge on any atom is 0.172 e. The van der Waals surface area contributed by atoms with Crippen LogP contribution in [0, 0.1) is 12.8 Å². The van der Waals surface area contributed by atoms with E-state index in [2.05, 4.69) is 33.8 Å². The summed E-state index contributed by atoms with van der Waals surface area (Å²) in [4.78, 5) is 19.8. The molecule has 2 heterocycles. The first kappa shape index (κ1) is 21.6. The van der Waals surface area contributed by atoms with Crippen LogP contribution in [0.5, 0.6) is 11.5 Å². The molecule has 0 amide bonds. The first-order valence-electron chi connectivity index (χ1n) is 10.2. The standard InChI is InChI=1S/C23H29BrN2O3/c1-15-8-10-26(11-9-15)23-18(5-4-16(2)25-23)6-7-19(27)12-17-13-20(24)22(28)21(14-17)29-3/h4-5,13-15,28H,6-12H2,1-3H3.